The first-order chi connectivity index (χ1) is 6.06. The second kappa shape index (κ2) is 3.66. The molecule has 1 radical (unpaired) electrons. The van der Waals surface area contributed by atoms with E-state index < -0.39 is 0 Å². The van der Waals surface area contributed by atoms with Crippen LogP contribution in [0.25, 0.3) is 0 Å². The lowest BCUT2D eigenvalue weighted by molar-refractivity contribution is 0.991. The van der Waals surface area contributed by atoms with Crippen molar-refractivity contribution in [2.45, 2.75) is 33.6 Å². The normalized spacial score (nSPS) is 12.2. The maximum absolute atomic E-state index is 7.09. The van der Waals surface area contributed by atoms with Crippen LogP contribution in [0.4, 0.5) is 0 Å². The van der Waals surface area contributed by atoms with Gasteiger partial charge in [0.15, 0.2) is 0 Å². The first-order valence-corrected chi connectivity index (χ1v) is 4.56. The van der Waals surface area contributed by atoms with Crippen LogP contribution in [-0.4, -0.2) is 0 Å². The zero-order valence-electron chi connectivity index (χ0n) is 8.73. The third-order valence-electron chi connectivity index (χ3n) is 2.67. The van der Waals surface area contributed by atoms with E-state index in [0.717, 1.165) is 0 Å². The maximum atomic E-state index is 7.09. The van der Waals surface area contributed by atoms with E-state index in [2.05, 4.69) is 38.8 Å². The lowest BCUT2D eigenvalue weighted by Crippen LogP contribution is -1.94. The molecule has 1 aromatic rings. The molecule has 0 aliphatic heterocycles. The molecular formula is C13H15. The van der Waals surface area contributed by atoms with Gasteiger partial charge in [-0.2, -0.15) is 0 Å². The molecule has 1 atom stereocenters. The SMILES string of the molecule is [C]#CC(C)c1cc(C)c(C)c(C)c1. The highest BCUT2D eigenvalue weighted by Gasteiger charge is 2.05. The van der Waals surface area contributed by atoms with E-state index in [1.165, 1.54) is 22.3 Å². The van der Waals surface area contributed by atoms with Gasteiger partial charge in [-0.25, -0.2) is 0 Å². The van der Waals surface area contributed by atoms with Crippen molar-refractivity contribution in [2.75, 3.05) is 0 Å². The van der Waals surface area contributed by atoms with Crippen LogP contribution >= 0.6 is 0 Å². The minimum Gasteiger partial charge on any atom is -0.0812 e. The number of hydrogen-bond donors (Lipinski definition) is 0. The van der Waals surface area contributed by atoms with Crippen molar-refractivity contribution in [3.05, 3.63) is 40.8 Å². The monoisotopic (exact) mass is 171 g/mol. The van der Waals surface area contributed by atoms with Gasteiger partial charge in [-0.05, 0) is 56.4 Å². The fourth-order valence-corrected chi connectivity index (χ4v) is 1.40. The lowest BCUT2D eigenvalue weighted by Gasteiger charge is -2.10. The van der Waals surface area contributed by atoms with Crippen LogP contribution in [0.5, 0.6) is 0 Å². The summed E-state index contributed by atoms with van der Waals surface area (Å²) in [5.41, 5.74) is 5.14. The molecule has 0 saturated heterocycles. The molecule has 0 heterocycles. The third kappa shape index (κ3) is 1.92. The molecule has 0 bridgehead atoms. The Labute approximate surface area is 81.0 Å². The van der Waals surface area contributed by atoms with Crippen molar-refractivity contribution in [1.82, 2.24) is 0 Å². The Bertz CT molecular complexity index is 330. The third-order valence-corrected chi connectivity index (χ3v) is 2.67. The molecule has 0 heteroatoms. The molecule has 1 aromatic carbocycles. The Morgan fingerprint density at radius 3 is 2.00 bits per heavy atom. The molecule has 0 spiro atoms. The van der Waals surface area contributed by atoms with Gasteiger partial charge in [-0.1, -0.05) is 18.1 Å². The van der Waals surface area contributed by atoms with Gasteiger partial charge >= 0.3 is 0 Å². The summed E-state index contributed by atoms with van der Waals surface area (Å²) in [6.07, 6.45) is 7.09. The quantitative estimate of drug-likeness (QED) is 0.569. The fraction of sp³-hybridized carbons (Fsp3) is 0.385. The van der Waals surface area contributed by atoms with Gasteiger partial charge in [0.05, 0.1) is 0 Å². The predicted molar refractivity (Wildman–Crippen MR) is 56.2 cm³/mol. The lowest BCUT2D eigenvalue weighted by atomic mass is 9.94. The summed E-state index contributed by atoms with van der Waals surface area (Å²) in [5.74, 6) is 2.61. The van der Waals surface area contributed by atoms with Crippen LogP contribution in [-0.2, 0) is 0 Å². The molecule has 0 nitrogen and oxygen atoms in total. The molecule has 0 fully saturated rings. The van der Waals surface area contributed by atoms with E-state index in [0.29, 0.717) is 0 Å². The van der Waals surface area contributed by atoms with Gasteiger partial charge in [-0.15, -0.1) is 0 Å². The smallest absolute Gasteiger partial charge is 0.0434 e. The van der Waals surface area contributed by atoms with Crippen molar-refractivity contribution >= 4 is 0 Å². The van der Waals surface area contributed by atoms with Gasteiger partial charge in [0.2, 0.25) is 0 Å². The molecule has 67 valence electrons. The number of aryl methyl sites for hydroxylation is 2. The molecule has 0 N–H and O–H groups in total. The van der Waals surface area contributed by atoms with E-state index in [-0.39, 0.29) is 5.92 Å². The molecule has 1 unspecified atom stereocenters. The van der Waals surface area contributed by atoms with E-state index in [1.807, 2.05) is 6.92 Å². The summed E-state index contributed by atoms with van der Waals surface area (Å²) in [6.45, 7) is 8.36. The van der Waals surface area contributed by atoms with Crippen LogP contribution in [0.2, 0.25) is 0 Å². The first kappa shape index (κ1) is 9.86. The number of hydrogen-bond acceptors (Lipinski definition) is 0. The van der Waals surface area contributed by atoms with Crippen LogP contribution < -0.4 is 0 Å². The van der Waals surface area contributed by atoms with Gasteiger partial charge in [0.25, 0.3) is 0 Å². The summed E-state index contributed by atoms with van der Waals surface area (Å²) in [7, 11) is 0. The average molecular weight is 171 g/mol. The van der Waals surface area contributed by atoms with Crippen molar-refractivity contribution < 1.29 is 0 Å². The highest BCUT2D eigenvalue weighted by atomic mass is 14.1. The van der Waals surface area contributed by atoms with Crippen LogP contribution in [0.3, 0.4) is 0 Å². The number of rotatable bonds is 1. The van der Waals surface area contributed by atoms with E-state index in [9.17, 15) is 0 Å². The van der Waals surface area contributed by atoms with Crippen molar-refractivity contribution in [3.63, 3.8) is 0 Å². The summed E-state index contributed by atoms with van der Waals surface area (Å²) in [5, 5.41) is 0. The molecule has 0 aliphatic carbocycles. The van der Waals surface area contributed by atoms with Gasteiger partial charge in [0.1, 0.15) is 0 Å². The zero-order valence-corrected chi connectivity index (χ0v) is 8.73. The second-order valence-corrected chi connectivity index (χ2v) is 3.65. The summed E-state index contributed by atoms with van der Waals surface area (Å²) in [4.78, 5) is 0. The van der Waals surface area contributed by atoms with Crippen molar-refractivity contribution in [1.29, 1.82) is 0 Å². The molecule has 0 aliphatic rings. The van der Waals surface area contributed by atoms with Crippen molar-refractivity contribution in [3.8, 4) is 5.92 Å². The van der Waals surface area contributed by atoms with Crippen LogP contribution in [0, 0.1) is 33.1 Å². The molecule has 1 rings (SSSR count). The highest BCUT2D eigenvalue weighted by molar-refractivity contribution is 5.39. The van der Waals surface area contributed by atoms with E-state index >= 15 is 0 Å². The molecule has 0 aromatic heterocycles. The standard InChI is InChI=1S/C13H15/c1-6-9(2)13-7-10(3)12(5)11(4)8-13/h7-9H,2-5H3. The van der Waals surface area contributed by atoms with Gasteiger partial charge < -0.3 is 0 Å². The minimum absolute atomic E-state index is 0.109. The van der Waals surface area contributed by atoms with Crippen LogP contribution in [0.1, 0.15) is 35.1 Å². The number of benzene rings is 1. The van der Waals surface area contributed by atoms with Crippen LogP contribution in [0.15, 0.2) is 12.1 Å². The second-order valence-electron chi connectivity index (χ2n) is 3.65. The maximum Gasteiger partial charge on any atom is 0.0434 e. The van der Waals surface area contributed by atoms with E-state index in [4.69, 9.17) is 6.42 Å². The molecule has 0 amide bonds. The van der Waals surface area contributed by atoms with E-state index in [1.54, 1.807) is 0 Å². The Morgan fingerprint density at radius 2 is 1.62 bits per heavy atom. The molecule has 13 heavy (non-hydrogen) atoms. The Balaban J connectivity index is 3.22. The minimum atomic E-state index is 0.109. The topological polar surface area (TPSA) is 0 Å². The molecular weight excluding hydrogens is 156 g/mol. The Hall–Kier alpha value is -1.22. The van der Waals surface area contributed by atoms with Crippen molar-refractivity contribution in [2.24, 2.45) is 0 Å². The molecule has 0 saturated carbocycles. The fourth-order valence-electron chi connectivity index (χ4n) is 1.40. The zero-order chi connectivity index (χ0) is 10.0. The summed E-state index contributed by atoms with van der Waals surface area (Å²) < 4.78 is 0. The first-order valence-electron chi connectivity index (χ1n) is 4.56. The highest BCUT2D eigenvalue weighted by Crippen LogP contribution is 2.21. The summed E-state index contributed by atoms with van der Waals surface area (Å²) >= 11 is 0. The summed E-state index contributed by atoms with van der Waals surface area (Å²) in [6, 6.07) is 4.29. The van der Waals surface area contributed by atoms with Gasteiger partial charge in [0, 0.05) is 5.92 Å². The van der Waals surface area contributed by atoms with Gasteiger partial charge in [-0.3, -0.25) is 0 Å². The largest absolute Gasteiger partial charge is 0.0812 e. The predicted octanol–water partition coefficient (Wildman–Crippen LogP) is 3.31. The Morgan fingerprint density at radius 1 is 1.15 bits per heavy atom. The Kier molecular flexibility index (Phi) is 2.78. The average Bonchev–Trinajstić information content (AvgIpc) is 2.12.